The number of aliphatic hydroxyl groups excluding tert-OH is 1. The molecule has 0 aromatic heterocycles. The van der Waals surface area contributed by atoms with Gasteiger partial charge in [0.15, 0.2) is 0 Å². The Morgan fingerprint density at radius 1 is 1.42 bits per heavy atom. The zero-order valence-electron chi connectivity index (χ0n) is 13.8. The second-order valence-electron chi connectivity index (χ2n) is 6.76. The maximum absolute atomic E-state index is 12.7. The number of amides is 1. The maximum atomic E-state index is 12.7. The van der Waals surface area contributed by atoms with E-state index in [1.165, 1.54) is 0 Å². The topological polar surface area (TPSA) is 58.6 Å². The van der Waals surface area contributed by atoms with Crippen LogP contribution in [-0.2, 0) is 9.53 Å². The molecular formula is C18H21Cl2NO3. The van der Waals surface area contributed by atoms with Gasteiger partial charge in [0, 0.05) is 24.3 Å². The summed E-state index contributed by atoms with van der Waals surface area (Å²) in [6, 6.07) is 3.34. The van der Waals surface area contributed by atoms with Crippen molar-refractivity contribution in [3.8, 4) is 0 Å². The quantitative estimate of drug-likeness (QED) is 0.835. The number of hydrogen-bond donors (Lipinski definition) is 2. The largest absolute Gasteiger partial charge is 0.509 e. The van der Waals surface area contributed by atoms with E-state index < -0.39 is 5.54 Å². The number of nitrogens with one attached hydrogen (secondary N) is 1. The molecule has 0 saturated heterocycles. The number of carbonyl (C=O) groups excluding carboxylic acids is 1. The van der Waals surface area contributed by atoms with Crippen molar-refractivity contribution in [3.05, 3.63) is 39.1 Å². The summed E-state index contributed by atoms with van der Waals surface area (Å²) in [5.74, 6) is 0.130. The first-order chi connectivity index (χ1) is 11.4. The van der Waals surface area contributed by atoms with E-state index in [-0.39, 0.29) is 17.2 Å². The molecule has 1 amide bonds. The Balaban J connectivity index is 2.05. The van der Waals surface area contributed by atoms with Crippen LogP contribution in [0.5, 0.6) is 0 Å². The van der Waals surface area contributed by atoms with Crippen LogP contribution in [0.4, 0.5) is 0 Å². The van der Waals surface area contributed by atoms with Gasteiger partial charge in [0.2, 0.25) is 0 Å². The molecule has 1 aliphatic heterocycles. The third kappa shape index (κ3) is 2.92. The van der Waals surface area contributed by atoms with Gasteiger partial charge in [-0.05, 0) is 49.8 Å². The van der Waals surface area contributed by atoms with Crippen LogP contribution < -0.4 is 5.32 Å². The van der Waals surface area contributed by atoms with Crippen molar-refractivity contribution in [2.75, 3.05) is 13.7 Å². The maximum Gasteiger partial charge on any atom is 0.256 e. The van der Waals surface area contributed by atoms with Crippen molar-refractivity contribution in [1.29, 1.82) is 0 Å². The van der Waals surface area contributed by atoms with Gasteiger partial charge in [-0.15, -0.1) is 0 Å². The van der Waals surface area contributed by atoms with Gasteiger partial charge in [0.25, 0.3) is 5.91 Å². The van der Waals surface area contributed by atoms with Gasteiger partial charge in [-0.2, -0.15) is 0 Å². The summed E-state index contributed by atoms with van der Waals surface area (Å²) in [7, 11) is 1.67. The van der Waals surface area contributed by atoms with E-state index in [2.05, 4.69) is 5.32 Å². The van der Waals surface area contributed by atoms with E-state index in [9.17, 15) is 9.90 Å². The molecule has 1 aromatic rings. The summed E-state index contributed by atoms with van der Waals surface area (Å²) in [4.78, 5) is 12.7. The Morgan fingerprint density at radius 2 is 2.17 bits per heavy atom. The Hall–Kier alpha value is -1.23. The fraction of sp³-hybridized carbons (Fsp3) is 0.500. The highest BCUT2D eigenvalue weighted by Crippen LogP contribution is 2.45. The lowest BCUT2D eigenvalue weighted by Crippen LogP contribution is -2.48. The molecule has 1 fully saturated rings. The fourth-order valence-corrected chi connectivity index (χ4v) is 4.72. The monoisotopic (exact) mass is 369 g/mol. The van der Waals surface area contributed by atoms with Crippen LogP contribution in [0, 0.1) is 12.8 Å². The molecule has 1 aliphatic carbocycles. The Morgan fingerprint density at radius 3 is 2.83 bits per heavy atom. The summed E-state index contributed by atoms with van der Waals surface area (Å²) < 4.78 is 5.26. The number of aryl methyl sites for hydroxylation is 1. The van der Waals surface area contributed by atoms with Gasteiger partial charge in [-0.1, -0.05) is 29.6 Å². The smallest absolute Gasteiger partial charge is 0.256 e. The van der Waals surface area contributed by atoms with Crippen molar-refractivity contribution in [3.63, 3.8) is 0 Å². The number of carbonyl (C=O) groups is 1. The second-order valence-corrected chi connectivity index (χ2v) is 7.60. The molecule has 1 saturated carbocycles. The number of methoxy groups -OCH3 is 1. The highest BCUT2D eigenvalue weighted by Gasteiger charge is 2.49. The minimum atomic E-state index is -0.705. The fourth-order valence-electron chi connectivity index (χ4n) is 4.03. The van der Waals surface area contributed by atoms with Crippen LogP contribution in [0.15, 0.2) is 17.9 Å². The van der Waals surface area contributed by atoms with Crippen LogP contribution in [0.1, 0.15) is 36.8 Å². The molecule has 3 rings (SSSR count). The van der Waals surface area contributed by atoms with Gasteiger partial charge < -0.3 is 15.2 Å². The highest BCUT2D eigenvalue weighted by atomic mass is 35.5. The van der Waals surface area contributed by atoms with E-state index in [0.29, 0.717) is 34.6 Å². The van der Waals surface area contributed by atoms with Crippen molar-refractivity contribution in [2.24, 2.45) is 5.92 Å². The molecule has 2 atom stereocenters. The van der Waals surface area contributed by atoms with E-state index in [1.54, 1.807) is 19.2 Å². The minimum absolute atomic E-state index is 0.0978. The van der Waals surface area contributed by atoms with Crippen molar-refractivity contribution in [1.82, 2.24) is 5.32 Å². The average Bonchev–Trinajstić information content (AvgIpc) is 2.71. The molecule has 1 aromatic carbocycles. The molecule has 0 radical (unpaired) electrons. The van der Waals surface area contributed by atoms with Crippen molar-refractivity contribution < 1.29 is 14.6 Å². The van der Waals surface area contributed by atoms with Gasteiger partial charge in [0.1, 0.15) is 5.76 Å². The summed E-state index contributed by atoms with van der Waals surface area (Å²) in [5.41, 5.74) is 0.892. The molecule has 2 aliphatic rings. The lowest BCUT2D eigenvalue weighted by atomic mass is 9.75. The molecule has 24 heavy (non-hydrogen) atoms. The van der Waals surface area contributed by atoms with Crippen LogP contribution in [0.2, 0.25) is 10.0 Å². The van der Waals surface area contributed by atoms with Crippen LogP contribution in [-0.4, -0.2) is 30.3 Å². The van der Waals surface area contributed by atoms with Gasteiger partial charge in [-0.25, -0.2) is 0 Å². The standard InChI is InChI=1S/C18H21Cl2NO3/c1-10-6-12(19)7-13(20)14(10)15-16(22)18(21-17(15)23)5-3-4-11(8-18)9-24-2/h6-7,11,22H,3-5,8-9H2,1-2H3,(H,21,23). The number of benzene rings is 1. The molecule has 2 N–H and O–H groups in total. The Bertz CT molecular complexity index is 691. The first-order valence-corrected chi connectivity index (χ1v) is 8.85. The Labute approximate surface area is 151 Å². The van der Waals surface area contributed by atoms with Gasteiger partial charge in [0.05, 0.1) is 16.1 Å². The van der Waals surface area contributed by atoms with Crippen LogP contribution in [0.3, 0.4) is 0 Å². The molecule has 2 unspecified atom stereocenters. The minimum Gasteiger partial charge on any atom is -0.509 e. The number of aliphatic hydroxyl groups is 1. The van der Waals surface area contributed by atoms with Gasteiger partial charge >= 0.3 is 0 Å². The SMILES string of the molecule is COCC1CCCC2(C1)NC(=O)C(c1c(C)cc(Cl)cc1Cl)=C2O. The van der Waals surface area contributed by atoms with Crippen LogP contribution >= 0.6 is 23.2 Å². The van der Waals surface area contributed by atoms with Gasteiger partial charge in [-0.3, -0.25) is 4.79 Å². The van der Waals surface area contributed by atoms with Crippen molar-refractivity contribution >= 4 is 34.7 Å². The first kappa shape index (κ1) is 17.6. The predicted octanol–water partition coefficient (Wildman–Crippen LogP) is 4.28. The molecular weight excluding hydrogens is 349 g/mol. The summed E-state index contributed by atoms with van der Waals surface area (Å²) in [5, 5.41) is 14.9. The zero-order chi connectivity index (χ0) is 17.5. The average molecular weight is 370 g/mol. The predicted molar refractivity (Wildman–Crippen MR) is 95.5 cm³/mol. The molecule has 1 heterocycles. The summed E-state index contributed by atoms with van der Waals surface area (Å²) in [6.45, 7) is 2.46. The van der Waals surface area contributed by atoms with E-state index in [4.69, 9.17) is 27.9 Å². The van der Waals surface area contributed by atoms with Crippen molar-refractivity contribution in [2.45, 2.75) is 38.1 Å². The number of hydrogen-bond acceptors (Lipinski definition) is 3. The van der Waals surface area contributed by atoms with Crippen LogP contribution in [0.25, 0.3) is 5.57 Å². The Kier molecular flexibility index (Phi) is 4.82. The van der Waals surface area contributed by atoms with E-state index >= 15 is 0 Å². The molecule has 130 valence electrons. The highest BCUT2D eigenvalue weighted by molar-refractivity contribution is 6.38. The second kappa shape index (κ2) is 6.58. The third-order valence-electron chi connectivity index (χ3n) is 5.03. The third-order valence-corrected chi connectivity index (χ3v) is 5.54. The molecule has 0 bridgehead atoms. The summed E-state index contributed by atoms with van der Waals surface area (Å²) >= 11 is 12.3. The molecule has 1 spiro atoms. The lowest BCUT2D eigenvalue weighted by Gasteiger charge is -2.37. The lowest BCUT2D eigenvalue weighted by molar-refractivity contribution is -0.116. The number of rotatable bonds is 3. The van der Waals surface area contributed by atoms with E-state index in [1.807, 2.05) is 6.92 Å². The normalized spacial score (nSPS) is 27.0. The number of halogens is 2. The number of ether oxygens (including phenoxy) is 1. The summed E-state index contributed by atoms with van der Waals surface area (Å²) in [6.07, 6.45) is 3.36. The molecule has 6 heteroatoms. The van der Waals surface area contributed by atoms with E-state index in [0.717, 1.165) is 24.8 Å². The molecule has 4 nitrogen and oxygen atoms in total. The zero-order valence-corrected chi connectivity index (χ0v) is 15.3. The first-order valence-electron chi connectivity index (χ1n) is 8.09.